The second-order valence-electron chi connectivity index (χ2n) is 7.46. The molecular weight excluding hydrogens is 392 g/mol. The van der Waals surface area contributed by atoms with Crippen molar-refractivity contribution in [3.8, 4) is 17.3 Å². The fourth-order valence-corrected chi connectivity index (χ4v) is 4.42. The highest BCUT2D eigenvalue weighted by atomic mass is 32.2. The van der Waals surface area contributed by atoms with Crippen LogP contribution >= 0.6 is 11.8 Å². The molecule has 2 aromatic heterocycles. The number of benzene rings is 1. The van der Waals surface area contributed by atoms with E-state index < -0.39 is 0 Å². The summed E-state index contributed by atoms with van der Waals surface area (Å²) in [4.78, 5) is 18.9. The zero-order chi connectivity index (χ0) is 20.9. The SMILES string of the molecule is CN(C)c1cccc(-c2nc(N3CCCCC3)ccc2Sc2cc(C#N)ncn2)c1. The molecule has 3 aromatic rings. The van der Waals surface area contributed by atoms with Gasteiger partial charge in [0.15, 0.2) is 0 Å². The summed E-state index contributed by atoms with van der Waals surface area (Å²) in [5.41, 5.74) is 3.49. The standard InChI is InChI=1S/C23H24N6S/c1-28(2)19-8-6-7-17(13-19)23-20(30-22-14-18(15-24)25-16-26-22)9-10-21(27-23)29-11-4-3-5-12-29/h6-10,13-14,16H,3-5,11-12H2,1-2H3. The van der Waals surface area contributed by atoms with Crippen molar-refractivity contribution in [2.24, 2.45) is 0 Å². The molecule has 0 spiro atoms. The number of rotatable bonds is 5. The molecule has 0 amide bonds. The van der Waals surface area contributed by atoms with E-state index in [1.807, 2.05) is 14.1 Å². The van der Waals surface area contributed by atoms with Crippen molar-refractivity contribution in [1.82, 2.24) is 15.0 Å². The Balaban J connectivity index is 1.76. The Morgan fingerprint density at radius 1 is 1.03 bits per heavy atom. The fourth-order valence-electron chi connectivity index (χ4n) is 3.52. The molecular formula is C23H24N6S. The summed E-state index contributed by atoms with van der Waals surface area (Å²) in [5.74, 6) is 1.02. The van der Waals surface area contributed by atoms with Crippen LogP contribution in [0.1, 0.15) is 25.0 Å². The Morgan fingerprint density at radius 3 is 2.63 bits per heavy atom. The summed E-state index contributed by atoms with van der Waals surface area (Å²) in [5, 5.41) is 9.89. The molecule has 1 saturated heterocycles. The number of nitrogens with zero attached hydrogens (tertiary/aromatic N) is 6. The largest absolute Gasteiger partial charge is 0.378 e. The minimum atomic E-state index is 0.363. The van der Waals surface area contributed by atoms with Crippen LogP contribution in [0, 0.1) is 11.3 Å². The van der Waals surface area contributed by atoms with Crippen molar-refractivity contribution >= 4 is 23.3 Å². The van der Waals surface area contributed by atoms with Gasteiger partial charge < -0.3 is 9.80 Å². The van der Waals surface area contributed by atoms with Crippen LogP contribution in [-0.4, -0.2) is 42.1 Å². The third kappa shape index (κ3) is 4.55. The van der Waals surface area contributed by atoms with Crippen LogP contribution in [0.25, 0.3) is 11.3 Å². The maximum Gasteiger partial charge on any atom is 0.145 e. The summed E-state index contributed by atoms with van der Waals surface area (Å²) >= 11 is 1.51. The van der Waals surface area contributed by atoms with E-state index in [9.17, 15) is 0 Å². The molecule has 0 unspecified atom stereocenters. The van der Waals surface area contributed by atoms with Crippen LogP contribution in [0.15, 0.2) is 58.7 Å². The maximum absolute atomic E-state index is 9.15. The molecule has 1 fully saturated rings. The van der Waals surface area contributed by atoms with E-state index in [1.165, 1.54) is 37.4 Å². The molecule has 3 heterocycles. The van der Waals surface area contributed by atoms with E-state index in [4.69, 9.17) is 10.2 Å². The number of anilines is 2. The number of nitriles is 1. The molecule has 30 heavy (non-hydrogen) atoms. The number of pyridine rings is 1. The average Bonchev–Trinajstić information content (AvgIpc) is 2.80. The normalized spacial score (nSPS) is 13.7. The molecule has 1 aromatic carbocycles. The Morgan fingerprint density at radius 2 is 1.87 bits per heavy atom. The van der Waals surface area contributed by atoms with E-state index in [0.717, 1.165) is 45.8 Å². The Kier molecular flexibility index (Phi) is 6.15. The van der Waals surface area contributed by atoms with E-state index in [0.29, 0.717) is 5.69 Å². The summed E-state index contributed by atoms with van der Waals surface area (Å²) in [7, 11) is 4.08. The first-order valence-electron chi connectivity index (χ1n) is 10.1. The van der Waals surface area contributed by atoms with Crippen LogP contribution < -0.4 is 9.80 Å². The van der Waals surface area contributed by atoms with Crippen LogP contribution in [-0.2, 0) is 0 Å². The zero-order valence-electron chi connectivity index (χ0n) is 17.2. The number of hydrogen-bond donors (Lipinski definition) is 0. The van der Waals surface area contributed by atoms with Gasteiger partial charge in [-0.2, -0.15) is 5.26 Å². The van der Waals surface area contributed by atoms with Gasteiger partial charge in [-0.3, -0.25) is 0 Å². The predicted octanol–water partition coefficient (Wildman–Crippen LogP) is 4.62. The minimum absolute atomic E-state index is 0.363. The minimum Gasteiger partial charge on any atom is -0.378 e. The lowest BCUT2D eigenvalue weighted by atomic mass is 10.1. The monoisotopic (exact) mass is 416 g/mol. The zero-order valence-corrected chi connectivity index (χ0v) is 18.1. The Labute approximate surface area is 181 Å². The molecule has 1 aliphatic heterocycles. The molecule has 0 N–H and O–H groups in total. The molecule has 0 saturated carbocycles. The molecule has 0 bridgehead atoms. The van der Waals surface area contributed by atoms with E-state index >= 15 is 0 Å². The van der Waals surface area contributed by atoms with Crippen molar-refractivity contribution in [3.05, 3.63) is 54.5 Å². The first-order chi connectivity index (χ1) is 14.6. The maximum atomic E-state index is 9.15. The molecule has 152 valence electrons. The van der Waals surface area contributed by atoms with Crippen LogP contribution in [0.2, 0.25) is 0 Å². The van der Waals surface area contributed by atoms with Gasteiger partial charge in [-0.15, -0.1) is 0 Å². The third-order valence-corrected chi connectivity index (χ3v) is 6.11. The van der Waals surface area contributed by atoms with Gasteiger partial charge in [0.25, 0.3) is 0 Å². The van der Waals surface area contributed by atoms with Crippen molar-refractivity contribution in [2.45, 2.75) is 29.2 Å². The van der Waals surface area contributed by atoms with Gasteiger partial charge in [0.05, 0.1) is 5.69 Å². The average molecular weight is 417 g/mol. The highest BCUT2D eigenvalue weighted by molar-refractivity contribution is 7.99. The highest BCUT2D eigenvalue weighted by Crippen LogP contribution is 2.37. The molecule has 0 atom stereocenters. The lowest BCUT2D eigenvalue weighted by Crippen LogP contribution is -2.30. The van der Waals surface area contributed by atoms with Gasteiger partial charge in [-0.25, -0.2) is 15.0 Å². The topological polar surface area (TPSA) is 68.9 Å². The third-order valence-electron chi connectivity index (χ3n) is 5.13. The predicted molar refractivity (Wildman–Crippen MR) is 121 cm³/mol. The number of hydrogen-bond acceptors (Lipinski definition) is 7. The lowest BCUT2D eigenvalue weighted by Gasteiger charge is -2.28. The van der Waals surface area contributed by atoms with Gasteiger partial charge in [-0.05, 0) is 43.5 Å². The lowest BCUT2D eigenvalue weighted by molar-refractivity contribution is 0.573. The Hall–Kier alpha value is -3.11. The van der Waals surface area contributed by atoms with Gasteiger partial charge >= 0.3 is 0 Å². The fraction of sp³-hybridized carbons (Fsp3) is 0.304. The second-order valence-corrected chi connectivity index (χ2v) is 8.53. The van der Waals surface area contributed by atoms with Crippen molar-refractivity contribution in [2.75, 3.05) is 37.0 Å². The van der Waals surface area contributed by atoms with Gasteiger partial charge in [0.2, 0.25) is 0 Å². The quantitative estimate of drug-likeness (QED) is 0.562. The van der Waals surface area contributed by atoms with Crippen molar-refractivity contribution in [1.29, 1.82) is 5.26 Å². The van der Waals surface area contributed by atoms with E-state index in [2.05, 4.69) is 62.2 Å². The second kappa shape index (κ2) is 9.14. The number of aromatic nitrogens is 3. The molecule has 7 heteroatoms. The van der Waals surface area contributed by atoms with Crippen LogP contribution in [0.4, 0.5) is 11.5 Å². The highest BCUT2D eigenvalue weighted by Gasteiger charge is 2.17. The summed E-state index contributed by atoms with van der Waals surface area (Å²) in [6.07, 6.45) is 5.14. The molecule has 6 nitrogen and oxygen atoms in total. The van der Waals surface area contributed by atoms with Crippen molar-refractivity contribution in [3.63, 3.8) is 0 Å². The van der Waals surface area contributed by atoms with E-state index in [-0.39, 0.29) is 0 Å². The van der Waals surface area contributed by atoms with Gasteiger partial charge in [0.1, 0.15) is 28.9 Å². The Bertz CT molecular complexity index is 1070. The molecule has 0 radical (unpaired) electrons. The molecule has 1 aliphatic rings. The van der Waals surface area contributed by atoms with Crippen LogP contribution in [0.5, 0.6) is 0 Å². The van der Waals surface area contributed by atoms with Crippen LogP contribution in [0.3, 0.4) is 0 Å². The summed E-state index contributed by atoms with van der Waals surface area (Å²) < 4.78 is 0. The van der Waals surface area contributed by atoms with E-state index in [1.54, 1.807) is 6.07 Å². The first kappa shape index (κ1) is 20.2. The van der Waals surface area contributed by atoms with Gasteiger partial charge in [0, 0.05) is 49.4 Å². The molecule has 4 rings (SSSR count). The number of piperidine rings is 1. The summed E-state index contributed by atoms with van der Waals surface area (Å²) in [6.45, 7) is 2.10. The van der Waals surface area contributed by atoms with Crippen molar-refractivity contribution < 1.29 is 0 Å². The smallest absolute Gasteiger partial charge is 0.145 e. The molecule has 0 aliphatic carbocycles. The van der Waals surface area contributed by atoms with Gasteiger partial charge in [-0.1, -0.05) is 23.9 Å². The first-order valence-corrected chi connectivity index (χ1v) is 10.9. The summed E-state index contributed by atoms with van der Waals surface area (Å²) in [6, 6.07) is 16.4.